The number of rotatable bonds is 8. The number of nitrogens with one attached hydrogen (secondary N) is 1. The maximum Gasteiger partial charge on any atom is 0.325 e. The van der Waals surface area contributed by atoms with Crippen molar-refractivity contribution in [2.24, 2.45) is 0 Å². The molecule has 1 atom stereocenters. The van der Waals surface area contributed by atoms with Crippen LogP contribution < -0.4 is 10.1 Å². The molecule has 1 heterocycles. The summed E-state index contributed by atoms with van der Waals surface area (Å²) in [5, 5.41) is 11.4. The van der Waals surface area contributed by atoms with Gasteiger partial charge in [-0.3, -0.25) is 19.3 Å². The van der Waals surface area contributed by atoms with Crippen LogP contribution in [0.3, 0.4) is 0 Å². The van der Waals surface area contributed by atoms with Crippen molar-refractivity contribution < 1.29 is 29.0 Å². The molecule has 1 saturated heterocycles. The zero-order valence-corrected chi connectivity index (χ0v) is 16.4. The van der Waals surface area contributed by atoms with E-state index in [-0.39, 0.29) is 19.5 Å². The van der Waals surface area contributed by atoms with Crippen molar-refractivity contribution in [3.63, 3.8) is 0 Å². The zero-order chi connectivity index (χ0) is 21.1. The van der Waals surface area contributed by atoms with E-state index in [1.807, 2.05) is 6.92 Å². The number of methoxy groups -OCH3 is 1. The number of likely N-dealkylation sites (N-methyl/N-ethyl adjacent to an activating group) is 1. The van der Waals surface area contributed by atoms with Gasteiger partial charge in [-0.25, -0.2) is 4.79 Å². The van der Waals surface area contributed by atoms with Crippen LogP contribution in [0, 0.1) is 6.92 Å². The molecule has 1 unspecified atom stereocenters. The molecule has 0 bridgehead atoms. The van der Waals surface area contributed by atoms with E-state index in [4.69, 9.17) is 9.84 Å². The number of carboxylic acid groups (broad SMARTS) is 1. The summed E-state index contributed by atoms with van der Waals surface area (Å²) in [6.45, 7) is 4.98. The van der Waals surface area contributed by atoms with Gasteiger partial charge in [-0.15, -0.1) is 0 Å². The molecule has 0 spiro atoms. The van der Waals surface area contributed by atoms with Crippen molar-refractivity contribution in [3.8, 4) is 5.75 Å². The Labute approximate surface area is 163 Å². The summed E-state index contributed by atoms with van der Waals surface area (Å²) < 4.78 is 5.22. The number of nitrogens with zero attached hydrogens (tertiary/aromatic N) is 2. The van der Waals surface area contributed by atoms with Gasteiger partial charge in [-0.05, 0) is 44.0 Å². The monoisotopic (exact) mass is 391 g/mol. The van der Waals surface area contributed by atoms with Crippen molar-refractivity contribution >= 4 is 23.8 Å². The lowest BCUT2D eigenvalue weighted by atomic mass is 9.90. The van der Waals surface area contributed by atoms with Gasteiger partial charge in [-0.2, -0.15) is 0 Å². The molecule has 0 radical (unpaired) electrons. The Bertz CT molecular complexity index is 809. The summed E-state index contributed by atoms with van der Waals surface area (Å²) in [5.41, 5.74) is 0.0907. The third-order valence-corrected chi connectivity index (χ3v) is 4.87. The van der Waals surface area contributed by atoms with Gasteiger partial charge in [0.05, 0.1) is 13.5 Å². The molecule has 1 fully saturated rings. The van der Waals surface area contributed by atoms with E-state index in [1.165, 1.54) is 4.90 Å². The van der Waals surface area contributed by atoms with E-state index in [9.17, 15) is 19.2 Å². The molecule has 1 aromatic carbocycles. The average molecular weight is 391 g/mol. The first-order valence-corrected chi connectivity index (χ1v) is 8.92. The van der Waals surface area contributed by atoms with Gasteiger partial charge in [0.1, 0.15) is 17.8 Å². The number of hydrogen-bond acceptors (Lipinski definition) is 5. The molecule has 0 saturated carbocycles. The molecule has 1 aliphatic heterocycles. The maximum atomic E-state index is 13.0. The fraction of sp³-hybridized carbons (Fsp3) is 0.474. The molecule has 9 nitrogen and oxygen atoms in total. The zero-order valence-electron chi connectivity index (χ0n) is 16.4. The fourth-order valence-corrected chi connectivity index (χ4v) is 3.15. The number of aryl methyl sites for hydroxylation is 1. The van der Waals surface area contributed by atoms with Crippen LogP contribution in [0.25, 0.3) is 0 Å². The lowest BCUT2D eigenvalue weighted by molar-refractivity contribution is -0.141. The number of ether oxygens (including phenoxy) is 1. The van der Waals surface area contributed by atoms with E-state index in [2.05, 4.69) is 5.32 Å². The number of benzene rings is 1. The van der Waals surface area contributed by atoms with Crippen LogP contribution >= 0.6 is 0 Å². The number of hydrogen-bond donors (Lipinski definition) is 2. The molecule has 9 heteroatoms. The van der Waals surface area contributed by atoms with Crippen LogP contribution in [-0.2, 0) is 19.9 Å². The van der Waals surface area contributed by atoms with Crippen LogP contribution in [0.5, 0.6) is 5.75 Å². The second kappa shape index (κ2) is 8.28. The van der Waals surface area contributed by atoms with Gasteiger partial charge in [0.15, 0.2) is 0 Å². The number of urea groups is 1. The van der Waals surface area contributed by atoms with E-state index >= 15 is 0 Å². The fourth-order valence-electron chi connectivity index (χ4n) is 3.15. The van der Waals surface area contributed by atoms with Crippen LogP contribution in [0.4, 0.5) is 4.79 Å². The number of carboxylic acids is 1. The van der Waals surface area contributed by atoms with Crippen LogP contribution in [0.1, 0.15) is 31.4 Å². The Balaban J connectivity index is 2.19. The Kier molecular flexibility index (Phi) is 6.27. The molecule has 1 aromatic rings. The Morgan fingerprint density at radius 2 is 2.00 bits per heavy atom. The Hall–Kier alpha value is -3.10. The molecule has 2 rings (SSSR count). The van der Waals surface area contributed by atoms with Crippen molar-refractivity contribution in [2.75, 3.05) is 26.7 Å². The van der Waals surface area contributed by atoms with E-state index in [1.54, 1.807) is 39.2 Å². The van der Waals surface area contributed by atoms with Gasteiger partial charge >= 0.3 is 12.0 Å². The summed E-state index contributed by atoms with van der Waals surface area (Å²) in [6, 6.07) is 4.51. The van der Waals surface area contributed by atoms with Gasteiger partial charge < -0.3 is 20.1 Å². The lowest BCUT2D eigenvalue weighted by Gasteiger charge is -2.24. The summed E-state index contributed by atoms with van der Waals surface area (Å²) in [4.78, 5) is 50.7. The maximum absolute atomic E-state index is 13.0. The van der Waals surface area contributed by atoms with Gasteiger partial charge in [0.25, 0.3) is 5.91 Å². The number of imide groups is 1. The number of amides is 4. The Morgan fingerprint density at radius 1 is 1.32 bits per heavy atom. The van der Waals surface area contributed by atoms with Crippen LogP contribution in [0.15, 0.2) is 18.2 Å². The molecular formula is C19H25N3O6. The van der Waals surface area contributed by atoms with Crippen LogP contribution in [0.2, 0.25) is 0 Å². The number of aliphatic carboxylic acids is 1. The second-order valence-corrected chi connectivity index (χ2v) is 6.75. The highest BCUT2D eigenvalue weighted by atomic mass is 16.5. The standard InChI is InChI=1S/C19H25N3O6/c1-5-21(9-8-16(24)25)15(23)11-22-17(26)19(3,20-18(22)27)13-6-7-14(28-4)12(2)10-13/h6-7,10H,5,8-9,11H2,1-4H3,(H,20,27)(H,24,25). The molecular weight excluding hydrogens is 366 g/mol. The van der Waals surface area contributed by atoms with E-state index in [0.717, 1.165) is 10.5 Å². The first-order chi connectivity index (χ1) is 13.1. The first kappa shape index (κ1) is 21.2. The van der Waals surface area contributed by atoms with Crippen LogP contribution in [-0.4, -0.2) is 65.5 Å². The molecule has 4 amide bonds. The smallest absolute Gasteiger partial charge is 0.325 e. The SMILES string of the molecule is CCN(CCC(=O)O)C(=O)CN1C(=O)NC(C)(c2ccc(OC)c(C)c2)C1=O. The van der Waals surface area contributed by atoms with Gasteiger partial charge in [-0.1, -0.05) is 6.07 Å². The van der Waals surface area contributed by atoms with Gasteiger partial charge in [0.2, 0.25) is 5.91 Å². The number of carbonyl (C=O) groups is 4. The van der Waals surface area contributed by atoms with E-state index < -0.39 is 35.9 Å². The Morgan fingerprint density at radius 3 is 2.54 bits per heavy atom. The predicted octanol–water partition coefficient (Wildman–Crippen LogP) is 1.09. The van der Waals surface area contributed by atoms with Crippen molar-refractivity contribution in [3.05, 3.63) is 29.3 Å². The number of carbonyl (C=O) groups excluding carboxylic acids is 3. The summed E-state index contributed by atoms with van der Waals surface area (Å²) in [5.74, 6) is -1.39. The third-order valence-electron chi connectivity index (χ3n) is 4.87. The third kappa shape index (κ3) is 4.08. The topological polar surface area (TPSA) is 116 Å². The summed E-state index contributed by atoms with van der Waals surface area (Å²) in [6.07, 6.45) is -0.206. The molecule has 1 aliphatic rings. The lowest BCUT2D eigenvalue weighted by Crippen LogP contribution is -2.45. The minimum absolute atomic E-state index is 0.0171. The normalized spacial score (nSPS) is 18.8. The first-order valence-electron chi connectivity index (χ1n) is 8.92. The quantitative estimate of drug-likeness (QED) is 0.641. The highest BCUT2D eigenvalue weighted by molar-refractivity contribution is 6.09. The minimum Gasteiger partial charge on any atom is -0.496 e. The molecule has 152 valence electrons. The van der Waals surface area contributed by atoms with E-state index in [0.29, 0.717) is 11.3 Å². The predicted molar refractivity (Wildman–Crippen MR) is 99.8 cm³/mol. The molecule has 0 aliphatic carbocycles. The summed E-state index contributed by atoms with van der Waals surface area (Å²) in [7, 11) is 1.55. The van der Waals surface area contributed by atoms with Crippen molar-refractivity contribution in [2.45, 2.75) is 32.7 Å². The van der Waals surface area contributed by atoms with Crippen molar-refractivity contribution in [1.29, 1.82) is 0 Å². The molecule has 0 aromatic heterocycles. The minimum atomic E-state index is -1.30. The van der Waals surface area contributed by atoms with Crippen molar-refractivity contribution in [1.82, 2.24) is 15.1 Å². The summed E-state index contributed by atoms with van der Waals surface area (Å²) >= 11 is 0. The average Bonchev–Trinajstić information content (AvgIpc) is 2.86. The highest BCUT2D eigenvalue weighted by Crippen LogP contribution is 2.31. The highest BCUT2D eigenvalue weighted by Gasteiger charge is 2.49. The van der Waals surface area contributed by atoms with Gasteiger partial charge in [0, 0.05) is 13.1 Å². The molecule has 2 N–H and O–H groups in total. The second-order valence-electron chi connectivity index (χ2n) is 6.75. The largest absolute Gasteiger partial charge is 0.496 e. The molecule has 28 heavy (non-hydrogen) atoms.